The van der Waals surface area contributed by atoms with Crippen molar-refractivity contribution in [3.05, 3.63) is 36.2 Å². The Morgan fingerprint density at radius 2 is 1.94 bits per heavy atom. The Balaban J connectivity index is 2.20. The van der Waals surface area contributed by atoms with Crippen molar-refractivity contribution in [1.82, 2.24) is 9.97 Å². The van der Waals surface area contributed by atoms with E-state index >= 15 is 0 Å². The molecule has 0 unspecified atom stereocenters. The second kappa shape index (κ2) is 5.35. The summed E-state index contributed by atoms with van der Waals surface area (Å²) in [5, 5.41) is 0. The predicted octanol–water partition coefficient (Wildman–Crippen LogP) is 2.56. The Hall–Kier alpha value is -2.30. The fraction of sp³-hybridized carbons (Fsp3) is 0.231. The minimum absolute atomic E-state index is 0.446. The van der Waals surface area contributed by atoms with Gasteiger partial charge in [0.2, 0.25) is 11.8 Å². The summed E-state index contributed by atoms with van der Waals surface area (Å²) in [5.41, 5.74) is 7.34. The lowest BCUT2D eigenvalue weighted by Crippen LogP contribution is -1.97. The summed E-state index contributed by atoms with van der Waals surface area (Å²) in [6.07, 6.45) is 1.41. The summed E-state index contributed by atoms with van der Waals surface area (Å²) in [6, 6.07) is 7.10. The van der Waals surface area contributed by atoms with Gasteiger partial charge in [0, 0.05) is 5.69 Å². The van der Waals surface area contributed by atoms with Gasteiger partial charge in [0.25, 0.3) is 0 Å². The first-order valence-corrected chi connectivity index (χ1v) is 5.68. The molecule has 2 rings (SSSR count). The molecule has 0 aliphatic carbocycles. The second-order valence-electron chi connectivity index (χ2n) is 3.75. The smallest absolute Gasteiger partial charge is 0.226 e. The van der Waals surface area contributed by atoms with Crippen LogP contribution >= 0.6 is 0 Å². The Kier molecular flexibility index (Phi) is 3.62. The highest BCUT2D eigenvalue weighted by Crippen LogP contribution is 2.26. The van der Waals surface area contributed by atoms with Crippen molar-refractivity contribution in [1.29, 1.82) is 0 Å². The molecule has 5 heteroatoms. The third-order valence-electron chi connectivity index (χ3n) is 2.32. The molecular weight excluding hydrogens is 230 g/mol. The number of ether oxygens (including phenoxy) is 2. The lowest BCUT2D eigenvalue weighted by Gasteiger charge is -2.09. The molecule has 0 radical (unpaired) electrons. The van der Waals surface area contributed by atoms with E-state index in [1.165, 1.54) is 6.33 Å². The van der Waals surface area contributed by atoms with E-state index < -0.39 is 0 Å². The second-order valence-corrected chi connectivity index (χ2v) is 3.75. The van der Waals surface area contributed by atoms with Gasteiger partial charge in [-0.15, -0.1) is 0 Å². The van der Waals surface area contributed by atoms with E-state index in [0.29, 0.717) is 29.8 Å². The molecule has 0 atom stereocenters. The average molecular weight is 245 g/mol. The lowest BCUT2D eigenvalue weighted by molar-refractivity contribution is 0.322. The number of anilines is 1. The molecule has 0 aliphatic rings. The molecule has 2 aromatic rings. The van der Waals surface area contributed by atoms with Gasteiger partial charge in [-0.3, -0.25) is 0 Å². The van der Waals surface area contributed by atoms with Gasteiger partial charge < -0.3 is 15.2 Å². The Bertz CT molecular complexity index is 544. The molecule has 2 N–H and O–H groups in total. The molecule has 1 aromatic carbocycles. The summed E-state index contributed by atoms with van der Waals surface area (Å²) in [5.74, 6) is 1.65. The average Bonchev–Trinajstić information content (AvgIpc) is 2.34. The highest BCUT2D eigenvalue weighted by atomic mass is 16.5. The number of hydrogen-bond donors (Lipinski definition) is 1. The van der Waals surface area contributed by atoms with E-state index in [0.717, 1.165) is 5.56 Å². The van der Waals surface area contributed by atoms with Gasteiger partial charge in [-0.25, -0.2) is 9.97 Å². The van der Waals surface area contributed by atoms with Gasteiger partial charge in [-0.2, -0.15) is 0 Å². The molecule has 0 bridgehead atoms. The van der Waals surface area contributed by atoms with Gasteiger partial charge >= 0.3 is 0 Å². The molecule has 0 spiro atoms. The SMILES string of the molecule is CCOc1cc(Oc2ccc(N)cc2C)ncn1. The molecule has 94 valence electrons. The Morgan fingerprint density at radius 1 is 1.17 bits per heavy atom. The minimum Gasteiger partial charge on any atom is -0.478 e. The zero-order chi connectivity index (χ0) is 13.0. The van der Waals surface area contributed by atoms with E-state index in [2.05, 4.69) is 9.97 Å². The number of benzene rings is 1. The van der Waals surface area contributed by atoms with Crippen LogP contribution in [0.2, 0.25) is 0 Å². The molecule has 0 fully saturated rings. The van der Waals surface area contributed by atoms with Crippen LogP contribution in [-0.2, 0) is 0 Å². The Morgan fingerprint density at radius 3 is 2.67 bits per heavy atom. The quantitative estimate of drug-likeness (QED) is 0.838. The molecule has 0 amide bonds. The molecule has 1 heterocycles. The molecule has 0 saturated carbocycles. The maximum absolute atomic E-state index is 5.68. The van der Waals surface area contributed by atoms with Crippen LogP contribution in [0.1, 0.15) is 12.5 Å². The number of aryl methyl sites for hydroxylation is 1. The number of aromatic nitrogens is 2. The summed E-state index contributed by atoms with van der Waals surface area (Å²) >= 11 is 0. The summed E-state index contributed by atoms with van der Waals surface area (Å²) in [6.45, 7) is 4.38. The summed E-state index contributed by atoms with van der Waals surface area (Å²) in [7, 11) is 0. The summed E-state index contributed by atoms with van der Waals surface area (Å²) in [4.78, 5) is 8.01. The standard InChI is InChI=1S/C13H15N3O2/c1-3-17-12-7-13(16-8-15-12)18-11-5-4-10(14)6-9(11)2/h4-8H,3,14H2,1-2H3. The molecule has 1 aromatic heterocycles. The van der Waals surface area contributed by atoms with E-state index in [1.54, 1.807) is 12.1 Å². The van der Waals surface area contributed by atoms with Gasteiger partial charge in [0.1, 0.15) is 12.1 Å². The molecular formula is C13H15N3O2. The van der Waals surface area contributed by atoms with E-state index in [4.69, 9.17) is 15.2 Å². The number of rotatable bonds is 4. The van der Waals surface area contributed by atoms with E-state index in [9.17, 15) is 0 Å². The number of nitrogens with zero attached hydrogens (tertiary/aromatic N) is 2. The maximum Gasteiger partial charge on any atom is 0.226 e. The predicted molar refractivity (Wildman–Crippen MR) is 68.9 cm³/mol. The zero-order valence-corrected chi connectivity index (χ0v) is 10.4. The van der Waals surface area contributed by atoms with Gasteiger partial charge in [0.05, 0.1) is 12.7 Å². The number of hydrogen-bond acceptors (Lipinski definition) is 5. The van der Waals surface area contributed by atoms with Crippen LogP contribution in [0.15, 0.2) is 30.6 Å². The first-order valence-electron chi connectivity index (χ1n) is 5.68. The largest absolute Gasteiger partial charge is 0.478 e. The molecule has 18 heavy (non-hydrogen) atoms. The van der Waals surface area contributed by atoms with Crippen molar-refractivity contribution in [3.8, 4) is 17.5 Å². The first-order chi connectivity index (χ1) is 8.69. The van der Waals surface area contributed by atoms with Crippen LogP contribution < -0.4 is 15.2 Å². The third kappa shape index (κ3) is 2.88. The topological polar surface area (TPSA) is 70.3 Å². The summed E-state index contributed by atoms with van der Waals surface area (Å²) < 4.78 is 10.9. The van der Waals surface area contributed by atoms with Gasteiger partial charge in [-0.1, -0.05) is 0 Å². The molecule has 0 saturated heterocycles. The third-order valence-corrected chi connectivity index (χ3v) is 2.32. The van der Waals surface area contributed by atoms with E-state index in [-0.39, 0.29) is 0 Å². The van der Waals surface area contributed by atoms with Crippen LogP contribution in [0.25, 0.3) is 0 Å². The molecule has 0 aliphatic heterocycles. The highest BCUT2D eigenvalue weighted by Gasteiger charge is 2.05. The normalized spacial score (nSPS) is 10.1. The maximum atomic E-state index is 5.68. The first kappa shape index (κ1) is 12.2. The van der Waals surface area contributed by atoms with Crippen LogP contribution in [0.3, 0.4) is 0 Å². The lowest BCUT2D eigenvalue weighted by atomic mass is 10.2. The monoisotopic (exact) mass is 245 g/mol. The van der Waals surface area contributed by atoms with Crippen LogP contribution in [0.5, 0.6) is 17.5 Å². The Labute approximate surface area is 106 Å². The highest BCUT2D eigenvalue weighted by molar-refractivity contribution is 5.48. The van der Waals surface area contributed by atoms with Crippen molar-refractivity contribution in [2.45, 2.75) is 13.8 Å². The fourth-order valence-electron chi connectivity index (χ4n) is 1.51. The van der Waals surface area contributed by atoms with Crippen molar-refractivity contribution in [3.63, 3.8) is 0 Å². The van der Waals surface area contributed by atoms with Crippen LogP contribution in [0.4, 0.5) is 5.69 Å². The van der Waals surface area contributed by atoms with Crippen LogP contribution in [-0.4, -0.2) is 16.6 Å². The number of nitrogens with two attached hydrogens (primary N) is 1. The van der Waals surface area contributed by atoms with Crippen molar-refractivity contribution in [2.75, 3.05) is 12.3 Å². The van der Waals surface area contributed by atoms with Crippen molar-refractivity contribution < 1.29 is 9.47 Å². The zero-order valence-electron chi connectivity index (χ0n) is 10.4. The van der Waals surface area contributed by atoms with Gasteiger partial charge in [-0.05, 0) is 37.6 Å². The number of nitrogen functional groups attached to an aromatic ring is 1. The minimum atomic E-state index is 0.446. The van der Waals surface area contributed by atoms with Crippen LogP contribution in [0, 0.1) is 6.92 Å². The fourth-order valence-corrected chi connectivity index (χ4v) is 1.51. The van der Waals surface area contributed by atoms with E-state index in [1.807, 2.05) is 26.0 Å². The van der Waals surface area contributed by atoms with Gasteiger partial charge in [0.15, 0.2) is 0 Å². The molecule has 5 nitrogen and oxygen atoms in total. The van der Waals surface area contributed by atoms with Crippen molar-refractivity contribution in [2.24, 2.45) is 0 Å². The van der Waals surface area contributed by atoms with Crippen molar-refractivity contribution >= 4 is 5.69 Å².